The summed E-state index contributed by atoms with van der Waals surface area (Å²) in [6, 6.07) is 2.06. The van der Waals surface area contributed by atoms with Crippen LogP contribution in [0.1, 0.15) is 31.7 Å². The zero-order valence-corrected chi connectivity index (χ0v) is 13.5. The summed E-state index contributed by atoms with van der Waals surface area (Å²) in [6.07, 6.45) is 5.74. The molecule has 2 saturated heterocycles. The van der Waals surface area contributed by atoms with Crippen molar-refractivity contribution >= 4 is 10.0 Å². The highest BCUT2D eigenvalue weighted by atomic mass is 32.2. The molecule has 9 heteroatoms. The molecule has 2 aromatic rings. The Morgan fingerprint density at radius 1 is 1.00 bits per heavy atom. The number of piperidine rings is 1. The van der Waals surface area contributed by atoms with Crippen LogP contribution in [0.5, 0.6) is 0 Å². The van der Waals surface area contributed by atoms with Gasteiger partial charge in [0.05, 0.1) is 18.4 Å². The molecule has 0 aliphatic carbocycles. The van der Waals surface area contributed by atoms with Crippen LogP contribution < -0.4 is 0 Å². The van der Waals surface area contributed by atoms with Gasteiger partial charge in [0.2, 0.25) is 10.0 Å². The molecule has 6 nitrogen and oxygen atoms in total. The van der Waals surface area contributed by atoms with Crippen LogP contribution in [0.3, 0.4) is 0 Å². The van der Waals surface area contributed by atoms with E-state index in [4.69, 9.17) is 0 Å². The Labute approximate surface area is 138 Å². The Morgan fingerprint density at radius 3 is 2.25 bits per heavy atom. The fourth-order valence-corrected chi connectivity index (χ4v) is 5.86. The van der Waals surface area contributed by atoms with E-state index in [1.165, 1.54) is 4.31 Å². The predicted octanol–water partition coefficient (Wildman–Crippen LogP) is 2.11. The van der Waals surface area contributed by atoms with Gasteiger partial charge in [0.25, 0.3) is 0 Å². The van der Waals surface area contributed by atoms with Crippen molar-refractivity contribution in [3.8, 4) is 0 Å². The van der Waals surface area contributed by atoms with Crippen LogP contribution in [-0.2, 0) is 10.0 Å². The number of fused-ring (bicyclic) bond motifs is 2. The summed E-state index contributed by atoms with van der Waals surface area (Å²) in [4.78, 5) is 1.02. The third-order valence-corrected chi connectivity index (χ3v) is 6.87. The third-order valence-electron chi connectivity index (χ3n) is 4.85. The van der Waals surface area contributed by atoms with E-state index in [1.54, 1.807) is 17.2 Å². The van der Waals surface area contributed by atoms with Crippen LogP contribution >= 0.6 is 0 Å². The van der Waals surface area contributed by atoms with Crippen LogP contribution in [0, 0.1) is 11.6 Å². The molecular weight excluding hydrogens is 338 g/mol. The summed E-state index contributed by atoms with van der Waals surface area (Å²) in [5.74, 6) is -1.69. The minimum Gasteiger partial charge on any atom is -0.207 e. The van der Waals surface area contributed by atoms with Crippen molar-refractivity contribution in [1.82, 2.24) is 19.3 Å². The molecule has 2 aliphatic heterocycles. The van der Waals surface area contributed by atoms with Gasteiger partial charge in [-0.25, -0.2) is 17.2 Å². The molecule has 24 heavy (non-hydrogen) atoms. The van der Waals surface area contributed by atoms with Gasteiger partial charge < -0.3 is 0 Å². The molecule has 2 fully saturated rings. The molecule has 2 atom stereocenters. The summed E-state index contributed by atoms with van der Waals surface area (Å²) >= 11 is 0. The van der Waals surface area contributed by atoms with E-state index in [1.807, 2.05) is 0 Å². The third kappa shape index (κ3) is 2.42. The first-order valence-corrected chi connectivity index (χ1v) is 9.25. The van der Waals surface area contributed by atoms with Crippen molar-refractivity contribution in [3.05, 3.63) is 42.2 Å². The number of nitrogens with zero attached hydrogens (tertiary/aromatic N) is 4. The first kappa shape index (κ1) is 15.6. The maximum atomic E-state index is 14.0. The van der Waals surface area contributed by atoms with E-state index in [9.17, 15) is 17.2 Å². The molecule has 0 saturated carbocycles. The lowest BCUT2D eigenvalue weighted by Gasteiger charge is -2.37. The summed E-state index contributed by atoms with van der Waals surface area (Å²) < 4.78 is 54.6. The molecule has 0 amide bonds. The van der Waals surface area contributed by atoms with E-state index in [0.29, 0.717) is 25.7 Å². The molecule has 0 radical (unpaired) electrons. The zero-order chi connectivity index (χ0) is 16.9. The van der Waals surface area contributed by atoms with Crippen LogP contribution in [0.2, 0.25) is 0 Å². The Balaban J connectivity index is 1.67. The molecule has 0 spiro atoms. The van der Waals surface area contributed by atoms with Crippen molar-refractivity contribution in [2.24, 2.45) is 0 Å². The lowest BCUT2D eigenvalue weighted by Crippen LogP contribution is -2.47. The maximum Gasteiger partial charge on any atom is 0.246 e. The predicted molar refractivity (Wildman–Crippen MR) is 80.5 cm³/mol. The first-order chi connectivity index (χ1) is 11.5. The average Bonchev–Trinajstić information content (AvgIpc) is 3.17. The van der Waals surface area contributed by atoms with Crippen LogP contribution in [-0.4, -0.2) is 39.8 Å². The lowest BCUT2D eigenvalue weighted by molar-refractivity contribution is 0.174. The molecule has 2 unspecified atom stereocenters. The fraction of sp³-hybridized carbons (Fsp3) is 0.467. The van der Waals surface area contributed by atoms with Crippen LogP contribution in [0.4, 0.5) is 8.78 Å². The quantitative estimate of drug-likeness (QED) is 0.847. The van der Waals surface area contributed by atoms with Crippen molar-refractivity contribution in [3.63, 3.8) is 0 Å². The van der Waals surface area contributed by atoms with Gasteiger partial charge in [0.1, 0.15) is 16.5 Å². The van der Waals surface area contributed by atoms with Crippen molar-refractivity contribution in [1.29, 1.82) is 0 Å². The first-order valence-electron chi connectivity index (χ1n) is 7.81. The minimum absolute atomic E-state index is 0.0290. The smallest absolute Gasteiger partial charge is 0.207 e. The van der Waals surface area contributed by atoms with E-state index < -0.39 is 26.6 Å². The second-order valence-corrected chi connectivity index (χ2v) is 8.08. The molecule has 0 N–H and O–H groups in total. The fourth-order valence-electron chi connectivity index (χ4n) is 3.89. The monoisotopic (exact) mass is 354 g/mol. The maximum absolute atomic E-state index is 14.0. The summed E-state index contributed by atoms with van der Waals surface area (Å²) in [5, 5.41) is 8.27. The zero-order valence-electron chi connectivity index (χ0n) is 12.7. The highest BCUT2D eigenvalue weighted by Gasteiger charge is 2.48. The lowest BCUT2D eigenvalue weighted by atomic mass is 10.0. The van der Waals surface area contributed by atoms with E-state index in [-0.39, 0.29) is 18.1 Å². The second-order valence-electron chi connectivity index (χ2n) is 6.27. The Bertz CT molecular complexity index is 842. The minimum atomic E-state index is -4.08. The summed E-state index contributed by atoms with van der Waals surface area (Å²) in [6.45, 7) is 0. The van der Waals surface area contributed by atoms with E-state index in [0.717, 1.165) is 18.2 Å². The van der Waals surface area contributed by atoms with Gasteiger partial charge in [0.15, 0.2) is 0 Å². The number of aromatic nitrogens is 3. The number of hydrogen-bond acceptors (Lipinski definition) is 4. The second kappa shape index (κ2) is 5.59. The molecule has 128 valence electrons. The van der Waals surface area contributed by atoms with Crippen molar-refractivity contribution in [2.45, 2.75) is 48.7 Å². The molecule has 1 aromatic carbocycles. The highest BCUT2D eigenvalue weighted by molar-refractivity contribution is 7.89. The Hall–Kier alpha value is -1.87. The largest absolute Gasteiger partial charge is 0.246 e. The van der Waals surface area contributed by atoms with Crippen LogP contribution in [0.25, 0.3) is 0 Å². The van der Waals surface area contributed by atoms with Gasteiger partial charge in [0, 0.05) is 12.1 Å². The van der Waals surface area contributed by atoms with Gasteiger partial charge in [-0.15, -0.1) is 0 Å². The molecular formula is C15H16F2N4O2S. The average molecular weight is 354 g/mol. The molecule has 3 heterocycles. The van der Waals surface area contributed by atoms with Crippen LogP contribution in [0.15, 0.2) is 35.5 Å². The van der Waals surface area contributed by atoms with Gasteiger partial charge in [-0.3, -0.25) is 0 Å². The van der Waals surface area contributed by atoms with E-state index in [2.05, 4.69) is 10.2 Å². The molecule has 2 aliphatic rings. The normalized spacial score (nSPS) is 27.5. The topological polar surface area (TPSA) is 68.1 Å². The Morgan fingerprint density at radius 2 is 1.62 bits per heavy atom. The Kier molecular flexibility index (Phi) is 3.65. The summed E-state index contributed by atoms with van der Waals surface area (Å²) in [5.41, 5.74) is 0. The number of benzene rings is 1. The van der Waals surface area contributed by atoms with Crippen molar-refractivity contribution in [2.75, 3.05) is 0 Å². The standard InChI is InChI=1S/C15H16F2N4O2S/c16-10-1-4-14(17)15(7-10)24(22,23)20-11-2-3-12(20)9-13(8-11)21-18-5-6-19-21/h1,4-7,11-13H,2-3,8-9H2. The highest BCUT2D eigenvalue weighted by Crippen LogP contribution is 2.43. The molecule has 2 bridgehead atoms. The number of rotatable bonds is 3. The van der Waals surface area contributed by atoms with Gasteiger partial charge in [-0.1, -0.05) is 0 Å². The summed E-state index contributed by atoms with van der Waals surface area (Å²) in [7, 11) is -4.08. The number of hydrogen-bond donors (Lipinski definition) is 0. The van der Waals surface area contributed by atoms with Gasteiger partial charge in [-0.05, 0) is 43.9 Å². The number of halogens is 2. The number of sulfonamides is 1. The molecule has 4 rings (SSSR count). The van der Waals surface area contributed by atoms with E-state index >= 15 is 0 Å². The SMILES string of the molecule is O=S(=O)(c1cc(F)ccc1F)N1C2CCC1CC(n1nccn1)C2. The van der Waals surface area contributed by atoms with Crippen molar-refractivity contribution < 1.29 is 17.2 Å². The molecule has 1 aromatic heterocycles. The van der Waals surface area contributed by atoms with Gasteiger partial charge in [-0.2, -0.15) is 19.3 Å². The van der Waals surface area contributed by atoms with Gasteiger partial charge >= 0.3 is 0 Å².